The summed E-state index contributed by atoms with van der Waals surface area (Å²) in [5, 5.41) is 2.92. The van der Waals surface area contributed by atoms with Crippen LogP contribution in [0.3, 0.4) is 0 Å². The number of amides is 2. The van der Waals surface area contributed by atoms with Crippen molar-refractivity contribution in [1.29, 1.82) is 0 Å². The van der Waals surface area contributed by atoms with Crippen LogP contribution in [0.25, 0.3) is 0 Å². The molecule has 0 radical (unpaired) electrons. The summed E-state index contributed by atoms with van der Waals surface area (Å²) in [6.45, 7) is 4.90. The number of hydrogen-bond acceptors (Lipinski definition) is 3. The zero-order valence-electron chi connectivity index (χ0n) is 14.5. The van der Waals surface area contributed by atoms with E-state index >= 15 is 0 Å². The molecule has 1 aliphatic rings. The van der Waals surface area contributed by atoms with Crippen molar-refractivity contribution in [3.8, 4) is 0 Å². The van der Waals surface area contributed by atoms with E-state index in [0.29, 0.717) is 12.2 Å². The highest BCUT2D eigenvalue weighted by Crippen LogP contribution is 2.25. The lowest BCUT2D eigenvalue weighted by atomic mass is 10.1. The van der Waals surface area contributed by atoms with Gasteiger partial charge in [-0.3, -0.25) is 9.59 Å². The standard InChI is InChI=1S/C20H22N2O2S/c1-14-8-9-18(11-15(14)2)25-13-19(23)21-16-5-3-6-17(12-16)22-10-4-7-20(22)24/h3,5-6,8-9,11-12H,4,7,10,13H2,1-2H3,(H,21,23). The van der Waals surface area contributed by atoms with Gasteiger partial charge in [-0.05, 0) is 61.7 Å². The second-order valence-corrected chi connectivity index (χ2v) is 7.33. The van der Waals surface area contributed by atoms with Crippen LogP contribution in [0.15, 0.2) is 47.4 Å². The lowest BCUT2D eigenvalue weighted by molar-refractivity contribution is -0.117. The van der Waals surface area contributed by atoms with Crippen LogP contribution in [0.4, 0.5) is 11.4 Å². The molecule has 0 bridgehead atoms. The Kier molecular flexibility index (Phi) is 5.43. The van der Waals surface area contributed by atoms with E-state index in [9.17, 15) is 9.59 Å². The number of carbonyl (C=O) groups is 2. The molecule has 0 saturated carbocycles. The van der Waals surface area contributed by atoms with Gasteiger partial charge in [0.1, 0.15) is 0 Å². The summed E-state index contributed by atoms with van der Waals surface area (Å²) in [5.41, 5.74) is 4.06. The number of thioether (sulfide) groups is 1. The monoisotopic (exact) mass is 354 g/mol. The molecule has 0 unspecified atom stereocenters. The summed E-state index contributed by atoms with van der Waals surface area (Å²) in [7, 11) is 0. The van der Waals surface area contributed by atoms with Gasteiger partial charge in [-0.25, -0.2) is 0 Å². The highest BCUT2D eigenvalue weighted by molar-refractivity contribution is 8.00. The van der Waals surface area contributed by atoms with Gasteiger partial charge in [0.25, 0.3) is 0 Å². The molecule has 3 rings (SSSR count). The number of aryl methyl sites for hydroxylation is 2. The number of anilines is 2. The van der Waals surface area contributed by atoms with E-state index in [1.807, 2.05) is 30.3 Å². The Hall–Kier alpha value is -2.27. The van der Waals surface area contributed by atoms with E-state index in [1.165, 1.54) is 22.9 Å². The molecule has 0 aliphatic carbocycles. The van der Waals surface area contributed by atoms with Crippen molar-refractivity contribution >= 4 is 35.0 Å². The maximum Gasteiger partial charge on any atom is 0.234 e. The van der Waals surface area contributed by atoms with Gasteiger partial charge in [0.2, 0.25) is 11.8 Å². The second-order valence-electron chi connectivity index (χ2n) is 6.28. The van der Waals surface area contributed by atoms with Crippen LogP contribution < -0.4 is 10.2 Å². The largest absolute Gasteiger partial charge is 0.325 e. The SMILES string of the molecule is Cc1ccc(SCC(=O)Nc2cccc(N3CCCC3=O)c2)cc1C. The predicted molar refractivity (Wildman–Crippen MR) is 103 cm³/mol. The lowest BCUT2D eigenvalue weighted by Gasteiger charge is -2.16. The number of rotatable bonds is 5. The minimum atomic E-state index is -0.0480. The van der Waals surface area contributed by atoms with Gasteiger partial charge in [0, 0.05) is 29.2 Å². The van der Waals surface area contributed by atoms with Crippen molar-refractivity contribution in [2.75, 3.05) is 22.5 Å². The van der Waals surface area contributed by atoms with Crippen LogP contribution in [0, 0.1) is 13.8 Å². The number of carbonyl (C=O) groups excluding carboxylic acids is 2. The van der Waals surface area contributed by atoms with Crippen molar-refractivity contribution in [2.45, 2.75) is 31.6 Å². The molecular weight excluding hydrogens is 332 g/mol. The van der Waals surface area contributed by atoms with Crippen LogP contribution in [0.1, 0.15) is 24.0 Å². The summed E-state index contributed by atoms with van der Waals surface area (Å²) in [4.78, 5) is 26.9. The molecule has 5 heteroatoms. The van der Waals surface area contributed by atoms with E-state index in [2.05, 4.69) is 31.3 Å². The molecule has 1 aliphatic heterocycles. The minimum Gasteiger partial charge on any atom is -0.325 e. The molecule has 2 amide bonds. The average molecular weight is 354 g/mol. The Bertz CT molecular complexity index is 804. The first-order valence-corrected chi connectivity index (χ1v) is 9.42. The quantitative estimate of drug-likeness (QED) is 0.820. The molecule has 0 spiro atoms. The Morgan fingerprint density at radius 1 is 1.16 bits per heavy atom. The van der Waals surface area contributed by atoms with Gasteiger partial charge in [-0.1, -0.05) is 12.1 Å². The fourth-order valence-electron chi connectivity index (χ4n) is 2.82. The summed E-state index contributed by atoms with van der Waals surface area (Å²) in [6, 6.07) is 13.7. The molecule has 0 aromatic heterocycles. The Morgan fingerprint density at radius 2 is 2.00 bits per heavy atom. The van der Waals surface area contributed by atoms with E-state index in [4.69, 9.17) is 0 Å². The van der Waals surface area contributed by atoms with Crippen LogP contribution >= 0.6 is 11.8 Å². The van der Waals surface area contributed by atoms with Gasteiger partial charge in [0.05, 0.1) is 5.75 Å². The normalized spacial score (nSPS) is 14.0. The molecule has 130 valence electrons. The van der Waals surface area contributed by atoms with Crippen molar-refractivity contribution < 1.29 is 9.59 Å². The average Bonchev–Trinajstić information content (AvgIpc) is 3.02. The highest BCUT2D eigenvalue weighted by Gasteiger charge is 2.21. The van der Waals surface area contributed by atoms with Crippen molar-refractivity contribution in [1.82, 2.24) is 0 Å². The smallest absolute Gasteiger partial charge is 0.234 e. The van der Waals surface area contributed by atoms with Gasteiger partial charge >= 0.3 is 0 Å². The van der Waals surface area contributed by atoms with E-state index < -0.39 is 0 Å². The summed E-state index contributed by atoms with van der Waals surface area (Å²) >= 11 is 1.52. The summed E-state index contributed by atoms with van der Waals surface area (Å²) in [5.74, 6) is 0.456. The third-order valence-electron chi connectivity index (χ3n) is 4.36. The van der Waals surface area contributed by atoms with Crippen LogP contribution in [-0.2, 0) is 9.59 Å². The molecule has 2 aromatic rings. The fourth-order valence-corrected chi connectivity index (χ4v) is 3.62. The van der Waals surface area contributed by atoms with Crippen LogP contribution in [-0.4, -0.2) is 24.1 Å². The molecule has 1 saturated heterocycles. The first-order chi connectivity index (χ1) is 12.0. The van der Waals surface area contributed by atoms with Crippen molar-refractivity contribution in [3.63, 3.8) is 0 Å². The van der Waals surface area contributed by atoms with Crippen LogP contribution in [0.5, 0.6) is 0 Å². The molecule has 25 heavy (non-hydrogen) atoms. The topological polar surface area (TPSA) is 49.4 Å². The Morgan fingerprint density at radius 3 is 2.72 bits per heavy atom. The van der Waals surface area contributed by atoms with Gasteiger partial charge < -0.3 is 10.2 Å². The zero-order valence-corrected chi connectivity index (χ0v) is 15.4. The molecule has 1 fully saturated rings. The molecule has 0 atom stereocenters. The first kappa shape index (κ1) is 17.5. The predicted octanol–water partition coefficient (Wildman–Crippen LogP) is 4.16. The maximum atomic E-state index is 12.2. The van der Waals surface area contributed by atoms with Crippen molar-refractivity contribution in [3.05, 3.63) is 53.6 Å². The number of benzene rings is 2. The summed E-state index contributed by atoms with van der Waals surface area (Å²) < 4.78 is 0. The number of hydrogen-bond donors (Lipinski definition) is 1. The molecular formula is C20H22N2O2S. The molecule has 1 heterocycles. The fraction of sp³-hybridized carbons (Fsp3) is 0.300. The van der Waals surface area contributed by atoms with Crippen LogP contribution in [0.2, 0.25) is 0 Å². The van der Waals surface area contributed by atoms with Crippen molar-refractivity contribution in [2.24, 2.45) is 0 Å². The first-order valence-electron chi connectivity index (χ1n) is 8.43. The maximum absolute atomic E-state index is 12.2. The van der Waals surface area contributed by atoms with Gasteiger partial charge in [0.15, 0.2) is 0 Å². The number of nitrogens with one attached hydrogen (secondary N) is 1. The molecule has 1 N–H and O–H groups in total. The molecule has 4 nitrogen and oxygen atoms in total. The summed E-state index contributed by atoms with van der Waals surface area (Å²) in [6.07, 6.45) is 1.49. The Balaban J connectivity index is 1.59. The highest BCUT2D eigenvalue weighted by atomic mass is 32.2. The third-order valence-corrected chi connectivity index (χ3v) is 5.36. The molecule has 2 aromatic carbocycles. The van der Waals surface area contributed by atoms with E-state index in [0.717, 1.165) is 29.2 Å². The third kappa shape index (κ3) is 4.42. The lowest BCUT2D eigenvalue weighted by Crippen LogP contribution is -2.23. The zero-order chi connectivity index (χ0) is 17.8. The van der Waals surface area contributed by atoms with E-state index in [1.54, 1.807) is 4.90 Å². The minimum absolute atomic E-state index is 0.0480. The number of nitrogens with zero attached hydrogens (tertiary/aromatic N) is 1. The van der Waals surface area contributed by atoms with Gasteiger partial charge in [-0.15, -0.1) is 11.8 Å². The van der Waals surface area contributed by atoms with E-state index in [-0.39, 0.29) is 11.8 Å². The Labute approximate surface area is 152 Å². The van der Waals surface area contributed by atoms with Gasteiger partial charge in [-0.2, -0.15) is 0 Å². The second kappa shape index (κ2) is 7.74.